The summed E-state index contributed by atoms with van der Waals surface area (Å²) in [7, 11) is 5.56. The maximum Gasteiger partial charge on any atom is 0.248 e. The molecule has 22 heavy (non-hydrogen) atoms. The number of aliphatic hydroxyl groups is 1. The number of aromatic nitrogens is 1. The van der Waals surface area contributed by atoms with Gasteiger partial charge in [0, 0.05) is 11.5 Å². The lowest BCUT2D eigenvalue weighted by molar-refractivity contribution is 0.201. The molecule has 0 saturated carbocycles. The first-order valence-corrected chi connectivity index (χ1v) is 7.26. The van der Waals surface area contributed by atoms with E-state index in [4.69, 9.17) is 7.85 Å². The predicted octanol–water partition coefficient (Wildman–Crippen LogP) is 2.74. The smallest absolute Gasteiger partial charge is 0.248 e. The van der Waals surface area contributed by atoms with E-state index in [-0.39, 0.29) is 11.9 Å². The lowest BCUT2D eigenvalue weighted by Crippen LogP contribution is -2.07. The summed E-state index contributed by atoms with van der Waals surface area (Å²) in [5.41, 5.74) is 3.54. The third kappa shape index (κ3) is 2.83. The molecule has 0 spiro atoms. The Kier molecular flexibility index (Phi) is 4.12. The molecular weight excluding hydrogens is 273 g/mol. The Balaban J connectivity index is 2.15. The Bertz CT molecular complexity index is 843. The van der Waals surface area contributed by atoms with Crippen molar-refractivity contribution in [2.75, 3.05) is 0 Å². The van der Waals surface area contributed by atoms with E-state index in [1.807, 2.05) is 30.3 Å². The zero-order chi connectivity index (χ0) is 15.5. The van der Waals surface area contributed by atoms with Gasteiger partial charge >= 0.3 is 0 Å². The highest BCUT2D eigenvalue weighted by molar-refractivity contribution is 6.09. The minimum Gasteiger partial charge on any atom is -0.389 e. The zero-order valence-corrected chi connectivity index (χ0v) is 12.1. The maximum atomic E-state index is 11.7. The minimum atomic E-state index is -0.737. The van der Waals surface area contributed by atoms with Crippen molar-refractivity contribution in [3.8, 4) is 0 Å². The fourth-order valence-corrected chi connectivity index (χ4v) is 2.71. The predicted molar refractivity (Wildman–Crippen MR) is 89.3 cm³/mol. The highest BCUT2D eigenvalue weighted by atomic mass is 16.3. The van der Waals surface area contributed by atoms with Crippen LogP contribution in [0, 0.1) is 0 Å². The first kappa shape index (κ1) is 14.6. The molecule has 3 nitrogen and oxygen atoms in total. The molecule has 2 N–H and O–H groups in total. The van der Waals surface area contributed by atoms with Crippen molar-refractivity contribution >= 4 is 18.7 Å². The van der Waals surface area contributed by atoms with Crippen molar-refractivity contribution < 1.29 is 5.11 Å². The topological polar surface area (TPSA) is 53.1 Å². The van der Waals surface area contributed by atoms with Crippen LogP contribution in [0.4, 0.5) is 0 Å². The number of fused-ring (bicyclic) bond motifs is 1. The highest BCUT2D eigenvalue weighted by Gasteiger charge is 2.12. The molecule has 2 aromatic carbocycles. The quantitative estimate of drug-likeness (QED) is 0.726. The normalized spacial score (nSPS) is 12.4. The zero-order valence-electron chi connectivity index (χ0n) is 12.1. The van der Waals surface area contributed by atoms with Crippen molar-refractivity contribution in [2.45, 2.75) is 18.8 Å². The first-order valence-electron chi connectivity index (χ1n) is 7.26. The molecule has 3 aromatic rings. The van der Waals surface area contributed by atoms with Gasteiger partial charge < -0.3 is 10.1 Å². The summed E-state index contributed by atoms with van der Waals surface area (Å²) in [6.45, 7) is 0. The molecule has 0 aliphatic rings. The fourth-order valence-electron chi connectivity index (χ4n) is 2.71. The molecule has 1 aromatic heterocycles. The van der Waals surface area contributed by atoms with Crippen molar-refractivity contribution in [1.29, 1.82) is 0 Å². The van der Waals surface area contributed by atoms with Crippen LogP contribution in [0.25, 0.3) is 10.9 Å². The Labute approximate surface area is 130 Å². The molecule has 1 atom stereocenters. The Morgan fingerprint density at radius 2 is 1.82 bits per heavy atom. The molecule has 108 valence electrons. The summed E-state index contributed by atoms with van der Waals surface area (Å²) in [5.74, 6) is 0. The third-order valence-corrected chi connectivity index (χ3v) is 3.83. The number of hydrogen-bond acceptors (Lipinski definition) is 2. The maximum absolute atomic E-state index is 11.7. The highest BCUT2D eigenvalue weighted by Crippen LogP contribution is 2.27. The van der Waals surface area contributed by atoms with Crippen LogP contribution in [0.15, 0.2) is 59.4 Å². The Morgan fingerprint density at radius 3 is 2.55 bits per heavy atom. The van der Waals surface area contributed by atoms with Crippen LogP contribution in [0.3, 0.4) is 0 Å². The van der Waals surface area contributed by atoms with Gasteiger partial charge in [-0.3, -0.25) is 4.79 Å². The molecule has 2 radical (unpaired) electrons. The van der Waals surface area contributed by atoms with E-state index in [0.717, 1.165) is 28.5 Å². The van der Waals surface area contributed by atoms with Gasteiger partial charge in [0.2, 0.25) is 5.56 Å². The van der Waals surface area contributed by atoms with E-state index in [2.05, 4.69) is 17.1 Å². The van der Waals surface area contributed by atoms with Gasteiger partial charge in [-0.05, 0) is 29.2 Å². The van der Waals surface area contributed by atoms with Crippen molar-refractivity contribution in [3.05, 3.63) is 81.6 Å². The van der Waals surface area contributed by atoms with E-state index in [1.54, 1.807) is 6.07 Å². The van der Waals surface area contributed by atoms with Crippen LogP contribution in [0.2, 0.25) is 6.32 Å². The van der Waals surface area contributed by atoms with Crippen LogP contribution < -0.4 is 5.56 Å². The largest absolute Gasteiger partial charge is 0.389 e. The summed E-state index contributed by atoms with van der Waals surface area (Å²) in [4.78, 5) is 14.6. The number of H-pyrrole nitrogens is 1. The molecule has 4 heteroatoms. The Hall–Kier alpha value is -2.33. The number of hydrogen-bond donors (Lipinski definition) is 2. The van der Waals surface area contributed by atoms with E-state index >= 15 is 0 Å². The molecular formula is C18H16BNO2. The van der Waals surface area contributed by atoms with Crippen LogP contribution >= 0.6 is 0 Å². The third-order valence-electron chi connectivity index (χ3n) is 3.83. The number of pyridine rings is 1. The standard InChI is InChI=1S/C18H16BNO2/c19-11-16(21)14-7-6-13(10-12-4-2-1-3-5-12)18-15(14)8-9-17(22)20-18/h1-9,16,21H,10-11H2,(H,20,22). The molecule has 3 rings (SSSR count). The van der Waals surface area contributed by atoms with E-state index in [0.29, 0.717) is 0 Å². The van der Waals surface area contributed by atoms with Crippen LogP contribution in [-0.4, -0.2) is 17.9 Å². The molecule has 0 amide bonds. The number of aromatic amines is 1. The summed E-state index contributed by atoms with van der Waals surface area (Å²) in [5, 5.41) is 10.9. The number of aliphatic hydroxyl groups excluding tert-OH is 1. The van der Waals surface area contributed by atoms with Gasteiger partial charge in [0.15, 0.2) is 0 Å². The van der Waals surface area contributed by atoms with Gasteiger partial charge in [0.1, 0.15) is 0 Å². The minimum absolute atomic E-state index is 0.145. The van der Waals surface area contributed by atoms with Crippen LogP contribution in [0.1, 0.15) is 22.8 Å². The van der Waals surface area contributed by atoms with Gasteiger partial charge in [-0.15, -0.1) is 0 Å². The number of rotatable bonds is 4. The van der Waals surface area contributed by atoms with Gasteiger partial charge in [-0.25, -0.2) is 0 Å². The van der Waals surface area contributed by atoms with E-state index < -0.39 is 6.10 Å². The lowest BCUT2D eigenvalue weighted by atomic mass is 9.90. The molecule has 0 bridgehead atoms. The van der Waals surface area contributed by atoms with Crippen molar-refractivity contribution in [2.24, 2.45) is 0 Å². The molecule has 0 saturated heterocycles. The summed E-state index contributed by atoms with van der Waals surface area (Å²) < 4.78 is 0. The number of nitrogens with one attached hydrogen (secondary N) is 1. The van der Waals surface area contributed by atoms with Gasteiger partial charge in [-0.2, -0.15) is 0 Å². The van der Waals surface area contributed by atoms with Crippen LogP contribution in [-0.2, 0) is 6.42 Å². The van der Waals surface area contributed by atoms with Crippen molar-refractivity contribution in [1.82, 2.24) is 4.98 Å². The summed E-state index contributed by atoms with van der Waals surface area (Å²) in [6, 6.07) is 17.1. The molecule has 1 heterocycles. The molecule has 0 aliphatic heterocycles. The fraction of sp³-hybridized carbons (Fsp3) is 0.167. The second kappa shape index (κ2) is 6.20. The Morgan fingerprint density at radius 1 is 1.05 bits per heavy atom. The van der Waals surface area contributed by atoms with Crippen LogP contribution in [0.5, 0.6) is 0 Å². The molecule has 0 aliphatic carbocycles. The lowest BCUT2D eigenvalue weighted by Gasteiger charge is -2.14. The van der Waals surface area contributed by atoms with E-state index in [9.17, 15) is 9.90 Å². The average Bonchev–Trinajstić information content (AvgIpc) is 2.55. The van der Waals surface area contributed by atoms with Crippen molar-refractivity contribution in [3.63, 3.8) is 0 Å². The monoisotopic (exact) mass is 289 g/mol. The van der Waals surface area contributed by atoms with Gasteiger partial charge in [-0.1, -0.05) is 48.8 Å². The average molecular weight is 289 g/mol. The second-order valence-corrected chi connectivity index (χ2v) is 5.34. The van der Waals surface area contributed by atoms with E-state index in [1.165, 1.54) is 11.6 Å². The summed E-state index contributed by atoms with van der Waals surface area (Å²) in [6.07, 6.45) is 0.127. The molecule has 0 fully saturated rings. The van der Waals surface area contributed by atoms with Gasteiger partial charge in [0.05, 0.1) is 19.5 Å². The first-order chi connectivity index (χ1) is 10.7. The second-order valence-electron chi connectivity index (χ2n) is 5.34. The summed E-state index contributed by atoms with van der Waals surface area (Å²) >= 11 is 0. The SMILES string of the molecule is [B]CC(O)c1ccc(Cc2ccccc2)c2[nH]c(=O)ccc12. The molecule has 1 unspecified atom stereocenters. The number of benzene rings is 2. The van der Waals surface area contributed by atoms with Gasteiger partial charge in [0.25, 0.3) is 0 Å².